The number of rotatable bonds is 6. The SMILES string of the molecule is CN(C)CCCNC(=O)C1CCCN(C(=O)c2ccc(Cl)cc2Cl)C1. The van der Waals surface area contributed by atoms with Gasteiger partial charge in [0, 0.05) is 24.7 Å². The minimum Gasteiger partial charge on any atom is -0.356 e. The zero-order valence-corrected chi connectivity index (χ0v) is 16.2. The van der Waals surface area contributed by atoms with E-state index in [9.17, 15) is 9.59 Å². The smallest absolute Gasteiger partial charge is 0.255 e. The first-order valence-electron chi connectivity index (χ1n) is 8.55. The molecule has 1 heterocycles. The van der Waals surface area contributed by atoms with Gasteiger partial charge in [-0.05, 0) is 58.1 Å². The van der Waals surface area contributed by atoms with Crippen LogP contribution in [0.3, 0.4) is 0 Å². The summed E-state index contributed by atoms with van der Waals surface area (Å²) in [6.07, 6.45) is 2.53. The Morgan fingerprint density at radius 2 is 2.08 bits per heavy atom. The van der Waals surface area contributed by atoms with Crippen LogP contribution in [-0.4, -0.2) is 61.9 Å². The van der Waals surface area contributed by atoms with Crippen LogP contribution < -0.4 is 5.32 Å². The molecule has 5 nitrogen and oxygen atoms in total. The number of hydrogen-bond acceptors (Lipinski definition) is 3. The second kappa shape index (κ2) is 9.41. The molecule has 1 saturated heterocycles. The lowest BCUT2D eigenvalue weighted by molar-refractivity contribution is -0.126. The minimum absolute atomic E-state index is 0.0264. The summed E-state index contributed by atoms with van der Waals surface area (Å²) in [5.74, 6) is -0.284. The minimum atomic E-state index is -0.164. The Bertz CT molecular complexity index is 622. The monoisotopic (exact) mass is 385 g/mol. The first-order chi connectivity index (χ1) is 11.9. The van der Waals surface area contributed by atoms with Gasteiger partial charge in [-0.1, -0.05) is 23.2 Å². The molecule has 1 fully saturated rings. The van der Waals surface area contributed by atoms with Crippen molar-refractivity contribution in [2.75, 3.05) is 40.3 Å². The van der Waals surface area contributed by atoms with Crippen molar-refractivity contribution >= 4 is 35.0 Å². The molecule has 1 aromatic rings. The number of hydrogen-bond donors (Lipinski definition) is 1. The lowest BCUT2D eigenvalue weighted by Crippen LogP contribution is -2.45. The molecule has 25 heavy (non-hydrogen) atoms. The van der Waals surface area contributed by atoms with E-state index in [2.05, 4.69) is 10.2 Å². The third-order valence-electron chi connectivity index (χ3n) is 4.32. The van der Waals surface area contributed by atoms with Gasteiger partial charge in [0.2, 0.25) is 5.91 Å². The number of amides is 2. The fourth-order valence-corrected chi connectivity index (χ4v) is 3.45. The van der Waals surface area contributed by atoms with Crippen molar-refractivity contribution in [2.45, 2.75) is 19.3 Å². The van der Waals surface area contributed by atoms with E-state index in [1.807, 2.05) is 14.1 Å². The predicted octanol–water partition coefficient (Wildman–Crippen LogP) is 2.91. The summed E-state index contributed by atoms with van der Waals surface area (Å²) < 4.78 is 0. The van der Waals surface area contributed by atoms with Crippen LogP contribution in [0.25, 0.3) is 0 Å². The van der Waals surface area contributed by atoms with Crippen LogP contribution >= 0.6 is 23.2 Å². The third kappa shape index (κ3) is 5.87. The van der Waals surface area contributed by atoms with Gasteiger partial charge in [0.05, 0.1) is 16.5 Å². The van der Waals surface area contributed by atoms with Gasteiger partial charge >= 0.3 is 0 Å². The topological polar surface area (TPSA) is 52.7 Å². The highest BCUT2D eigenvalue weighted by molar-refractivity contribution is 6.36. The molecule has 1 aliphatic rings. The number of carbonyl (C=O) groups excluding carboxylic acids is 2. The van der Waals surface area contributed by atoms with E-state index >= 15 is 0 Å². The highest BCUT2D eigenvalue weighted by Gasteiger charge is 2.29. The van der Waals surface area contributed by atoms with Gasteiger partial charge in [-0.2, -0.15) is 0 Å². The molecule has 1 unspecified atom stereocenters. The van der Waals surface area contributed by atoms with E-state index in [1.165, 1.54) is 0 Å². The summed E-state index contributed by atoms with van der Waals surface area (Å²) in [6.45, 7) is 2.66. The molecule has 0 radical (unpaired) electrons. The van der Waals surface area contributed by atoms with E-state index in [0.717, 1.165) is 25.8 Å². The summed E-state index contributed by atoms with van der Waals surface area (Å²) in [7, 11) is 4.02. The van der Waals surface area contributed by atoms with Crippen LogP contribution in [0.4, 0.5) is 0 Å². The van der Waals surface area contributed by atoms with Gasteiger partial charge in [0.15, 0.2) is 0 Å². The maximum Gasteiger partial charge on any atom is 0.255 e. The summed E-state index contributed by atoms with van der Waals surface area (Å²) in [6, 6.07) is 4.85. The van der Waals surface area contributed by atoms with E-state index in [4.69, 9.17) is 23.2 Å². The first-order valence-corrected chi connectivity index (χ1v) is 9.31. The molecule has 1 aliphatic heterocycles. The zero-order chi connectivity index (χ0) is 18.4. The van der Waals surface area contributed by atoms with Gasteiger partial charge in [0.1, 0.15) is 0 Å². The first kappa shape index (κ1) is 20.0. The van der Waals surface area contributed by atoms with Crippen LogP contribution in [0.2, 0.25) is 10.0 Å². The van der Waals surface area contributed by atoms with E-state index in [-0.39, 0.29) is 17.7 Å². The zero-order valence-electron chi connectivity index (χ0n) is 14.7. The Balaban J connectivity index is 1.91. The highest BCUT2D eigenvalue weighted by Crippen LogP contribution is 2.25. The predicted molar refractivity (Wildman–Crippen MR) is 101 cm³/mol. The number of nitrogens with zero attached hydrogens (tertiary/aromatic N) is 2. The van der Waals surface area contributed by atoms with Gasteiger partial charge in [-0.15, -0.1) is 0 Å². The average molecular weight is 386 g/mol. The van der Waals surface area contributed by atoms with E-state index in [1.54, 1.807) is 23.1 Å². The third-order valence-corrected chi connectivity index (χ3v) is 4.87. The Morgan fingerprint density at radius 3 is 2.76 bits per heavy atom. The van der Waals surface area contributed by atoms with E-state index in [0.29, 0.717) is 35.2 Å². The average Bonchev–Trinajstić information content (AvgIpc) is 2.58. The molecular formula is C18H25Cl2N3O2. The lowest BCUT2D eigenvalue weighted by atomic mass is 9.96. The molecule has 2 rings (SSSR count). The van der Waals surface area contributed by atoms with Gasteiger partial charge in [-0.3, -0.25) is 9.59 Å². The maximum absolute atomic E-state index is 12.7. The van der Waals surface area contributed by atoms with Crippen molar-refractivity contribution in [1.82, 2.24) is 15.1 Å². The summed E-state index contributed by atoms with van der Waals surface area (Å²) in [5.41, 5.74) is 0.429. The highest BCUT2D eigenvalue weighted by atomic mass is 35.5. The standard InChI is InChI=1S/C18H25Cl2N3O2/c1-22(2)9-4-8-21-17(24)13-5-3-10-23(12-13)18(25)15-7-6-14(19)11-16(15)20/h6-7,11,13H,3-5,8-10,12H2,1-2H3,(H,21,24). The Morgan fingerprint density at radius 1 is 1.32 bits per heavy atom. The molecule has 1 atom stereocenters. The second-order valence-corrected chi connectivity index (χ2v) is 7.51. The molecule has 0 spiro atoms. The number of piperidine rings is 1. The Kier molecular flexibility index (Phi) is 7.54. The number of benzene rings is 1. The molecule has 0 aromatic heterocycles. The lowest BCUT2D eigenvalue weighted by Gasteiger charge is -2.32. The van der Waals surface area contributed by atoms with Crippen molar-refractivity contribution in [3.8, 4) is 0 Å². The van der Waals surface area contributed by atoms with Crippen LogP contribution in [0, 0.1) is 5.92 Å². The number of likely N-dealkylation sites (tertiary alicyclic amines) is 1. The van der Waals surface area contributed by atoms with Crippen LogP contribution in [-0.2, 0) is 4.79 Å². The second-order valence-electron chi connectivity index (χ2n) is 6.66. The largest absolute Gasteiger partial charge is 0.356 e. The summed E-state index contributed by atoms with van der Waals surface area (Å²) in [5, 5.41) is 3.81. The Labute approximate surface area is 159 Å². The van der Waals surface area contributed by atoms with Gasteiger partial charge in [0.25, 0.3) is 5.91 Å². The molecule has 138 valence electrons. The molecule has 1 aromatic carbocycles. The number of halogens is 2. The quantitative estimate of drug-likeness (QED) is 0.765. The van der Waals surface area contributed by atoms with Gasteiger partial charge < -0.3 is 15.1 Å². The molecule has 2 amide bonds. The molecule has 1 N–H and O–H groups in total. The molecule has 0 bridgehead atoms. The number of carbonyl (C=O) groups is 2. The molecule has 7 heteroatoms. The summed E-state index contributed by atoms with van der Waals surface area (Å²) >= 11 is 12.0. The molecular weight excluding hydrogens is 361 g/mol. The van der Waals surface area contributed by atoms with Crippen LogP contribution in [0.5, 0.6) is 0 Å². The fraction of sp³-hybridized carbons (Fsp3) is 0.556. The molecule has 0 aliphatic carbocycles. The molecule has 0 saturated carbocycles. The van der Waals surface area contributed by atoms with E-state index < -0.39 is 0 Å². The van der Waals surface area contributed by atoms with Crippen molar-refractivity contribution < 1.29 is 9.59 Å². The Hall–Kier alpha value is -1.30. The van der Waals surface area contributed by atoms with Crippen molar-refractivity contribution in [1.29, 1.82) is 0 Å². The fourth-order valence-electron chi connectivity index (χ4n) is 2.96. The normalized spacial score (nSPS) is 17.6. The van der Waals surface area contributed by atoms with Gasteiger partial charge in [-0.25, -0.2) is 0 Å². The number of nitrogens with one attached hydrogen (secondary N) is 1. The van der Waals surface area contributed by atoms with Crippen molar-refractivity contribution in [2.24, 2.45) is 5.92 Å². The van der Waals surface area contributed by atoms with Crippen molar-refractivity contribution in [3.63, 3.8) is 0 Å². The van der Waals surface area contributed by atoms with Crippen molar-refractivity contribution in [3.05, 3.63) is 33.8 Å². The van der Waals surface area contributed by atoms with Crippen LogP contribution in [0.1, 0.15) is 29.6 Å². The summed E-state index contributed by atoms with van der Waals surface area (Å²) in [4.78, 5) is 28.8. The maximum atomic E-state index is 12.7. The van der Waals surface area contributed by atoms with Crippen LogP contribution in [0.15, 0.2) is 18.2 Å².